The van der Waals surface area contributed by atoms with Gasteiger partial charge >= 0.3 is 0 Å². The number of ether oxygens (including phenoxy) is 2. The molecule has 0 unspecified atom stereocenters. The van der Waals surface area contributed by atoms with Gasteiger partial charge in [-0.2, -0.15) is 5.26 Å². The summed E-state index contributed by atoms with van der Waals surface area (Å²) >= 11 is 1.19. The molecule has 3 rings (SSSR count). The molecule has 0 aliphatic heterocycles. The van der Waals surface area contributed by atoms with Crippen molar-refractivity contribution in [2.75, 3.05) is 25.3 Å². The summed E-state index contributed by atoms with van der Waals surface area (Å²) in [7, 11) is 3.08. The van der Waals surface area contributed by atoms with E-state index in [-0.39, 0.29) is 11.7 Å². The minimum atomic E-state index is -0.243. The highest BCUT2D eigenvalue weighted by molar-refractivity contribution is 8.00. The highest BCUT2D eigenvalue weighted by Gasteiger charge is 2.13. The van der Waals surface area contributed by atoms with E-state index in [0.29, 0.717) is 39.2 Å². The van der Waals surface area contributed by atoms with E-state index in [1.165, 1.54) is 18.9 Å². The lowest BCUT2D eigenvalue weighted by Crippen LogP contribution is -2.15. The Kier molecular flexibility index (Phi) is 6.66. The molecule has 8 heteroatoms. The van der Waals surface area contributed by atoms with Crippen molar-refractivity contribution < 1.29 is 14.3 Å². The van der Waals surface area contributed by atoms with Crippen LogP contribution in [0.3, 0.4) is 0 Å². The molecule has 0 saturated heterocycles. The van der Waals surface area contributed by atoms with E-state index in [0.717, 1.165) is 0 Å². The molecule has 0 atom stereocenters. The van der Waals surface area contributed by atoms with Gasteiger partial charge in [0.25, 0.3) is 0 Å². The van der Waals surface area contributed by atoms with Crippen LogP contribution in [0, 0.1) is 11.3 Å². The van der Waals surface area contributed by atoms with E-state index in [4.69, 9.17) is 9.47 Å². The molecule has 7 nitrogen and oxygen atoms in total. The molecule has 0 aliphatic rings. The first-order chi connectivity index (χ1) is 14.1. The summed E-state index contributed by atoms with van der Waals surface area (Å²) in [5.74, 6) is 0.967. The number of hydrogen-bond donors (Lipinski definition) is 1. The Morgan fingerprint density at radius 1 is 1.14 bits per heavy atom. The molecule has 3 aromatic rings. The number of amides is 1. The van der Waals surface area contributed by atoms with E-state index in [1.807, 2.05) is 18.2 Å². The van der Waals surface area contributed by atoms with Gasteiger partial charge in [-0.25, -0.2) is 4.98 Å². The van der Waals surface area contributed by atoms with Crippen molar-refractivity contribution in [3.8, 4) is 29.0 Å². The van der Waals surface area contributed by atoms with Crippen molar-refractivity contribution in [3.63, 3.8) is 0 Å². The van der Waals surface area contributed by atoms with Crippen LogP contribution in [0.25, 0.3) is 11.4 Å². The van der Waals surface area contributed by atoms with Crippen molar-refractivity contribution in [2.24, 2.45) is 0 Å². The summed E-state index contributed by atoms with van der Waals surface area (Å²) in [6, 6.07) is 16.2. The second-order valence-electron chi connectivity index (χ2n) is 5.78. The summed E-state index contributed by atoms with van der Waals surface area (Å²) in [6.07, 6.45) is 1.68. The van der Waals surface area contributed by atoms with Crippen LogP contribution in [0.1, 0.15) is 5.56 Å². The predicted octanol–water partition coefficient (Wildman–Crippen LogP) is 3.76. The first kappa shape index (κ1) is 20.2. The number of nitriles is 1. The average molecular weight is 406 g/mol. The molecule has 0 radical (unpaired) electrons. The molecule has 0 spiro atoms. The number of anilines is 1. The number of hydrogen-bond acceptors (Lipinski definition) is 7. The van der Waals surface area contributed by atoms with Crippen LogP contribution in [0.5, 0.6) is 11.5 Å². The molecule has 1 N–H and O–H groups in total. The molecule has 1 aromatic carbocycles. The van der Waals surface area contributed by atoms with Gasteiger partial charge < -0.3 is 14.8 Å². The summed E-state index contributed by atoms with van der Waals surface area (Å²) in [5.41, 5.74) is 2.29. The van der Waals surface area contributed by atoms with Gasteiger partial charge in [0.2, 0.25) is 5.91 Å². The van der Waals surface area contributed by atoms with Crippen LogP contribution in [-0.4, -0.2) is 35.8 Å². The maximum absolute atomic E-state index is 12.4. The summed E-state index contributed by atoms with van der Waals surface area (Å²) in [5, 5.41) is 12.6. The van der Waals surface area contributed by atoms with Crippen molar-refractivity contribution in [2.45, 2.75) is 5.03 Å². The number of rotatable bonds is 7. The van der Waals surface area contributed by atoms with E-state index >= 15 is 0 Å². The third-order valence-electron chi connectivity index (χ3n) is 3.93. The molecule has 0 aliphatic carbocycles. The Labute approximate surface area is 172 Å². The van der Waals surface area contributed by atoms with Crippen LogP contribution < -0.4 is 14.8 Å². The van der Waals surface area contributed by atoms with Crippen molar-refractivity contribution >= 4 is 23.4 Å². The van der Waals surface area contributed by atoms with E-state index in [1.54, 1.807) is 43.6 Å². The molecule has 0 fully saturated rings. The smallest absolute Gasteiger partial charge is 0.234 e. The van der Waals surface area contributed by atoms with E-state index in [2.05, 4.69) is 21.4 Å². The first-order valence-electron chi connectivity index (χ1n) is 8.62. The van der Waals surface area contributed by atoms with Gasteiger partial charge in [0.1, 0.15) is 22.6 Å². The Balaban J connectivity index is 1.72. The molecule has 1 amide bonds. The highest BCUT2D eigenvalue weighted by atomic mass is 32.2. The second-order valence-corrected chi connectivity index (χ2v) is 6.74. The van der Waals surface area contributed by atoms with Crippen molar-refractivity contribution in [3.05, 3.63) is 60.3 Å². The van der Waals surface area contributed by atoms with Crippen molar-refractivity contribution in [1.82, 2.24) is 9.97 Å². The normalized spacial score (nSPS) is 10.1. The third-order valence-corrected chi connectivity index (χ3v) is 4.92. The number of thioether (sulfide) groups is 1. The zero-order valence-corrected chi connectivity index (χ0v) is 16.7. The zero-order chi connectivity index (χ0) is 20.6. The number of methoxy groups -OCH3 is 2. The van der Waals surface area contributed by atoms with E-state index in [9.17, 15) is 10.1 Å². The maximum Gasteiger partial charge on any atom is 0.234 e. The van der Waals surface area contributed by atoms with Gasteiger partial charge in [-0.1, -0.05) is 17.8 Å². The fraction of sp³-hybridized carbons (Fsp3) is 0.143. The maximum atomic E-state index is 12.4. The van der Waals surface area contributed by atoms with Crippen LogP contribution in [0.4, 0.5) is 5.69 Å². The van der Waals surface area contributed by atoms with Crippen LogP contribution in [-0.2, 0) is 4.79 Å². The molecular formula is C21H18N4O3S. The summed E-state index contributed by atoms with van der Waals surface area (Å²) in [4.78, 5) is 21.2. The van der Waals surface area contributed by atoms with Gasteiger partial charge in [0.05, 0.1) is 42.6 Å². The minimum Gasteiger partial charge on any atom is -0.497 e. The molecule has 0 saturated carbocycles. The Bertz CT molecular complexity index is 1050. The van der Waals surface area contributed by atoms with E-state index < -0.39 is 0 Å². The van der Waals surface area contributed by atoms with Crippen LogP contribution >= 0.6 is 11.8 Å². The van der Waals surface area contributed by atoms with Gasteiger partial charge in [0.15, 0.2) is 0 Å². The van der Waals surface area contributed by atoms with Crippen LogP contribution in [0.2, 0.25) is 0 Å². The molecule has 146 valence electrons. The Morgan fingerprint density at radius 3 is 2.69 bits per heavy atom. The zero-order valence-electron chi connectivity index (χ0n) is 15.9. The lowest BCUT2D eigenvalue weighted by Gasteiger charge is -2.11. The SMILES string of the molecule is COc1ccc(NC(=O)CSc2nc(-c3ccccn3)ccc2C#N)c(OC)c1. The largest absolute Gasteiger partial charge is 0.497 e. The average Bonchev–Trinajstić information content (AvgIpc) is 2.78. The number of carbonyl (C=O) groups excluding carboxylic acids is 1. The Morgan fingerprint density at radius 2 is 2.00 bits per heavy atom. The molecule has 29 heavy (non-hydrogen) atoms. The summed E-state index contributed by atoms with van der Waals surface area (Å²) in [6.45, 7) is 0. The topological polar surface area (TPSA) is 97.1 Å². The number of pyridine rings is 2. The standard InChI is InChI=1S/C21H18N4O3S/c1-27-15-7-9-18(19(11-15)28-2)24-20(26)13-29-21-14(12-22)6-8-17(25-21)16-5-3-4-10-23-16/h3-11H,13H2,1-2H3,(H,24,26). The molecule has 2 aromatic heterocycles. The van der Waals surface area contributed by atoms with Crippen molar-refractivity contribution in [1.29, 1.82) is 5.26 Å². The number of nitrogens with zero attached hydrogens (tertiary/aromatic N) is 3. The molecular weight excluding hydrogens is 388 g/mol. The van der Waals surface area contributed by atoms with Gasteiger partial charge in [-0.05, 0) is 36.4 Å². The third kappa shape index (κ3) is 5.03. The number of aromatic nitrogens is 2. The van der Waals surface area contributed by atoms with Gasteiger partial charge in [-0.3, -0.25) is 9.78 Å². The molecule has 2 heterocycles. The monoisotopic (exact) mass is 406 g/mol. The number of benzene rings is 1. The number of carbonyl (C=O) groups is 1. The Hall–Kier alpha value is -3.57. The highest BCUT2D eigenvalue weighted by Crippen LogP contribution is 2.30. The number of nitrogens with one attached hydrogen (secondary N) is 1. The molecule has 0 bridgehead atoms. The summed E-state index contributed by atoms with van der Waals surface area (Å²) < 4.78 is 10.4. The fourth-order valence-electron chi connectivity index (χ4n) is 2.51. The quantitative estimate of drug-likeness (QED) is 0.597. The predicted molar refractivity (Wildman–Crippen MR) is 111 cm³/mol. The minimum absolute atomic E-state index is 0.0858. The lowest BCUT2D eigenvalue weighted by molar-refractivity contribution is -0.113. The lowest BCUT2D eigenvalue weighted by atomic mass is 10.2. The second kappa shape index (κ2) is 9.57. The van der Waals surface area contributed by atoms with Gasteiger partial charge in [0, 0.05) is 12.3 Å². The van der Waals surface area contributed by atoms with Gasteiger partial charge in [-0.15, -0.1) is 0 Å². The fourth-order valence-corrected chi connectivity index (χ4v) is 3.29. The van der Waals surface area contributed by atoms with Crippen LogP contribution in [0.15, 0.2) is 59.8 Å². The first-order valence-corrected chi connectivity index (χ1v) is 9.60.